The molecule has 3 aromatic rings. The van der Waals surface area contributed by atoms with Crippen LogP contribution in [0.1, 0.15) is 13.3 Å². The molecule has 1 aliphatic rings. The number of anilines is 2. The zero-order chi connectivity index (χ0) is 21.1. The lowest BCUT2D eigenvalue weighted by Gasteiger charge is -2.43. The third-order valence-electron chi connectivity index (χ3n) is 5.60. The summed E-state index contributed by atoms with van der Waals surface area (Å²) in [6.07, 6.45) is 4.07. The first kappa shape index (κ1) is 19.9. The summed E-state index contributed by atoms with van der Waals surface area (Å²) >= 11 is 0. The summed E-state index contributed by atoms with van der Waals surface area (Å²) in [5, 5.41) is 0. The number of hydrogen-bond acceptors (Lipinski definition) is 7. The molecule has 30 heavy (non-hydrogen) atoms. The molecule has 0 aliphatic carbocycles. The monoisotopic (exact) mass is 406 g/mol. The first-order valence-electron chi connectivity index (χ1n) is 10.1. The van der Waals surface area contributed by atoms with Gasteiger partial charge in [0.25, 0.3) is 5.56 Å². The van der Waals surface area contributed by atoms with Gasteiger partial charge in [-0.05, 0) is 36.8 Å². The molecular formula is C22H26N6O2. The average Bonchev–Trinajstić information content (AvgIpc) is 2.81. The van der Waals surface area contributed by atoms with Gasteiger partial charge in [-0.1, -0.05) is 6.92 Å². The van der Waals surface area contributed by atoms with Crippen LogP contribution < -0.4 is 20.1 Å². The molecule has 156 valence electrons. The van der Waals surface area contributed by atoms with Gasteiger partial charge in [0.2, 0.25) is 5.95 Å². The van der Waals surface area contributed by atoms with Gasteiger partial charge in [0, 0.05) is 50.7 Å². The highest BCUT2D eigenvalue weighted by molar-refractivity contribution is 5.56. The molecule has 0 unspecified atom stereocenters. The van der Waals surface area contributed by atoms with E-state index in [1.165, 1.54) is 18.1 Å². The smallest absolute Gasteiger partial charge is 0.255 e. The van der Waals surface area contributed by atoms with Crippen molar-refractivity contribution in [3.05, 3.63) is 59.3 Å². The molecule has 4 rings (SSSR count). The summed E-state index contributed by atoms with van der Waals surface area (Å²) in [6.45, 7) is 4.65. The highest BCUT2D eigenvalue weighted by Gasteiger charge is 2.29. The van der Waals surface area contributed by atoms with Crippen LogP contribution in [-0.4, -0.2) is 52.3 Å². The largest absolute Gasteiger partial charge is 0.497 e. The Morgan fingerprint density at radius 3 is 2.60 bits per heavy atom. The maximum absolute atomic E-state index is 12.6. The van der Waals surface area contributed by atoms with Gasteiger partial charge in [-0.3, -0.25) is 9.36 Å². The molecule has 0 radical (unpaired) electrons. The summed E-state index contributed by atoms with van der Waals surface area (Å²) in [4.78, 5) is 30.3. The van der Waals surface area contributed by atoms with Crippen LogP contribution in [0.25, 0.3) is 11.4 Å². The standard InChI is InChI=1S/C22H26N6O2/c1-4-16-14-27(17-5-7-18(30-3)8-6-17)11-12-28(16)22-25-20(13-21(29)26(22)2)19-9-10-23-15-24-19/h5-10,13,15-16H,4,11-12,14H2,1-3H3/t16-/m1/s1. The van der Waals surface area contributed by atoms with Crippen molar-refractivity contribution in [1.29, 1.82) is 0 Å². The summed E-state index contributed by atoms with van der Waals surface area (Å²) in [7, 11) is 3.45. The average molecular weight is 406 g/mol. The van der Waals surface area contributed by atoms with E-state index in [1.807, 2.05) is 12.1 Å². The molecule has 8 heteroatoms. The zero-order valence-electron chi connectivity index (χ0n) is 17.5. The fourth-order valence-corrected chi connectivity index (χ4v) is 3.85. The normalized spacial score (nSPS) is 16.6. The van der Waals surface area contributed by atoms with Crippen LogP contribution in [0.4, 0.5) is 11.6 Å². The fraction of sp³-hybridized carbons (Fsp3) is 0.364. The molecule has 3 heterocycles. The number of benzene rings is 1. The predicted molar refractivity (Wildman–Crippen MR) is 117 cm³/mol. The van der Waals surface area contributed by atoms with Gasteiger partial charge >= 0.3 is 0 Å². The van der Waals surface area contributed by atoms with E-state index in [-0.39, 0.29) is 11.6 Å². The highest BCUT2D eigenvalue weighted by Crippen LogP contribution is 2.26. The molecule has 0 N–H and O–H groups in total. The second kappa shape index (κ2) is 8.52. The Hall–Kier alpha value is -3.42. The summed E-state index contributed by atoms with van der Waals surface area (Å²) in [5.41, 5.74) is 2.29. The van der Waals surface area contributed by atoms with E-state index in [9.17, 15) is 4.79 Å². The lowest BCUT2D eigenvalue weighted by Crippen LogP contribution is -2.54. The van der Waals surface area contributed by atoms with Gasteiger partial charge in [0.15, 0.2) is 0 Å². The molecular weight excluding hydrogens is 380 g/mol. The summed E-state index contributed by atoms with van der Waals surface area (Å²) in [5.74, 6) is 1.53. The van der Waals surface area contributed by atoms with Crippen molar-refractivity contribution in [3.63, 3.8) is 0 Å². The number of piperazine rings is 1. The molecule has 2 aromatic heterocycles. The molecule has 1 fully saturated rings. The van der Waals surface area contributed by atoms with Crippen molar-refractivity contribution in [2.75, 3.05) is 36.5 Å². The Balaban J connectivity index is 1.62. The van der Waals surface area contributed by atoms with Crippen LogP contribution in [0.3, 0.4) is 0 Å². The Morgan fingerprint density at radius 1 is 1.13 bits per heavy atom. The second-order valence-corrected chi connectivity index (χ2v) is 7.33. The minimum absolute atomic E-state index is 0.0963. The third-order valence-corrected chi connectivity index (χ3v) is 5.60. The van der Waals surface area contributed by atoms with E-state index in [0.717, 1.165) is 31.8 Å². The Kier molecular flexibility index (Phi) is 5.65. The van der Waals surface area contributed by atoms with Crippen LogP contribution in [0, 0.1) is 0 Å². The number of hydrogen-bond donors (Lipinski definition) is 0. The molecule has 0 saturated carbocycles. The predicted octanol–water partition coefficient (Wildman–Crippen LogP) is 2.35. The minimum Gasteiger partial charge on any atom is -0.497 e. The van der Waals surface area contributed by atoms with Crippen LogP contribution >= 0.6 is 0 Å². The number of ether oxygens (including phenoxy) is 1. The third kappa shape index (κ3) is 3.85. The van der Waals surface area contributed by atoms with Gasteiger partial charge in [-0.2, -0.15) is 0 Å². The Morgan fingerprint density at radius 2 is 1.93 bits per heavy atom. The van der Waals surface area contributed by atoms with E-state index in [4.69, 9.17) is 9.72 Å². The number of rotatable bonds is 5. The molecule has 1 saturated heterocycles. The maximum atomic E-state index is 12.6. The lowest BCUT2D eigenvalue weighted by molar-refractivity contribution is 0.414. The minimum atomic E-state index is -0.0963. The van der Waals surface area contributed by atoms with Crippen molar-refractivity contribution in [2.45, 2.75) is 19.4 Å². The number of nitrogens with zero attached hydrogens (tertiary/aromatic N) is 6. The molecule has 0 amide bonds. The number of methoxy groups -OCH3 is 1. The van der Waals surface area contributed by atoms with Gasteiger partial charge < -0.3 is 14.5 Å². The fourth-order valence-electron chi connectivity index (χ4n) is 3.85. The van der Waals surface area contributed by atoms with Crippen molar-refractivity contribution < 1.29 is 4.74 Å². The van der Waals surface area contributed by atoms with Crippen LogP contribution in [0.15, 0.2) is 53.7 Å². The molecule has 8 nitrogen and oxygen atoms in total. The SMILES string of the molecule is CC[C@@H]1CN(c2ccc(OC)cc2)CCN1c1nc(-c2ccncn2)cc(=O)n1C. The van der Waals surface area contributed by atoms with E-state index in [1.54, 1.807) is 31.0 Å². The Bertz CT molecular complexity index is 1050. The van der Waals surface area contributed by atoms with Crippen molar-refractivity contribution in [3.8, 4) is 17.1 Å². The summed E-state index contributed by atoms with van der Waals surface area (Å²) in [6, 6.07) is 11.7. The second-order valence-electron chi connectivity index (χ2n) is 7.33. The van der Waals surface area contributed by atoms with E-state index >= 15 is 0 Å². The molecule has 0 spiro atoms. The number of aromatic nitrogens is 4. The van der Waals surface area contributed by atoms with Crippen molar-refractivity contribution >= 4 is 11.6 Å². The first-order valence-corrected chi connectivity index (χ1v) is 10.1. The van der Waals surface area contributed by atoms with Crippen LogP contribution in [0.5, 0.6) is 5.75 Å². The van der Waals surface area contributed by atoms with Gasteiger partial charge in [0.05, 0.1) is 18.5 Å². The first-order chi connectivity index (χ1) is 14.6. The van der Waals surface area contributed by atoms with Crippen LogP contribution in [0.2, 0.25) is 0 Å². The molecule has 1 aliphatic heterocycles. The van der Waals surface area contributed by atoms with Gasteiger partial charge in [-0.25, -0.2) is 15.0 Å². The van der Waals surface area contributed by atoms with E-state index < -0.39 is 0 Å². The lowest BCUT2D eigenvalue weighted by atomic mass is 10.1. The topological polar surface area (TPSA) is 76.4 Å². The van der Waals surface area contributed by atoms with Gasteiger partial charge in [-0.15, -0.1) is 0 Å². The summed E-state index contributed by atoms with van der Waals surface area (Å²) < 4.78 is 6.89. The van der Waals surface area contributed by atoms with Crippen molar-refractivity contribution in [1.82, 2.24) is 19.5 Å². The van der Waals surface area contributed by atoms with Gasteiger partial charge in [0.1, 0.15) is 12.1 Å². The molecule has 0 bridgehead atoms. The molecule has 1 atom stereocenters. The molecule has 1 aromatic carbocycles. The Labute approximate surface area is 175 Å². The zero-order valence-corrected chi connectivity index (χ0v) is 17.5. The maximum Gasteiger partial charge on any atom is 0.255 e. The quantitative estimate of drug-likeness (QED) is 0.644. The van der Waals surface area contributed by atoms with Crippen molar-refractivity contribution in [2.24, 2.45) is 7.05 Å². The van der Waals surface area contributed by atoms with E-state index in [2.05, 4.69) is 38.8 Å². The highest BCUT2D eigenvalue weighted by atomic mass is 16.5. The van der Waals surface area contributed by atoms with E-state index in [0.29, 0.717) is 17.3 Å². The van der Waals surface area contributed by atoms with Crippen LogP contribution in [-0.2, 0) is 7.05 Å².